The Hall–Kier alpha value is -1.83. The predicted molar refractivity (Wildman–Crippen MR) is 72.8 cm³/mol. The van der Waals surface area contributed by atoms with Gasteiger partial charge in [0.25, 0.3) is 0 Å². The number of rotatable bonds is 5. The molecule has 2 nitrogen and oxygen atoms in total. The lowest BCUT2D eigenvalue weighted by atomic mass is 10.1. The number of hydrogen-bond acceptors (Lipinski definition) is 2. The minimum atomic E-state index is 0.0452. The molecule has 0 fully saturated rings. The summed E-state index contributed by atoms with van der Waals surface area (Å²) >= 11 is 0. The Bertz CT molecular complexity index is 520. The van der Waals surface area contributed by atoms with Crippen LogP contribution in [0.5, 0.6) is 0 Å². The number of ketones is 1. The zero-order valence-corrected chi connectivity index (χ0v) is 10.9. The van der Waals surface area contributed by atoms with E-state index in [0.29, 0.717) is 12.2 Å². The van der Waals surface area contributed by atoms with Crippen LogP contribution < -0.4 is 0 Å². The molecule has 1 heterocycles. The third kappa shape index (κ3) is 2.70. The van der Waals surface area contributed by atoms with Crippen LogP contribution >= 0.6 is 0 Å². The topological polar surface area (TPSA) is 30.2 Å². The Morgan fingerprint density at radius 2 is 1.78 bits per heavy atom. The molecule has 2 aromatic rings. The fourth-order valence-corrected chi connectivity index (χ4v) is 1.94. The molecule has 0 radical (unpaired) electrons. The van der Waals surface area contributed by atoms with E-state index in [1.807, 2.05) is 25.1 Å². The maximum absolute atomic E-state index is 11.5. The highest BCUT2D eigenvalue weighted by Gasteiger charge is 2.10. The second-order valence-corrected chi connectivity index (χ2v) is 4.39. The summed E-state index contributed by atoms with van der Waals surface area (Å²) in [6.07, 6.45) is 2.72. The third-order valence-electron chi connectivity index (χ3n) is 2.98. The van der Waals surface area contributed by atoms with Gasteiger partial charge in [0.15, 0.2) is 11.5 Å². The standard InChI is InChI=1S/C16H18O2/c1-3-5-12-6-8-13(9-7-12)15-10-11-16(18-15)14(17)4-2/h6-11H,3-5H2,1-2H3. The molecule has 0 bridgehead atoms. The summed E-state index contributed by atoms with van der Waals surface area (Å²) in [7, 11) is 0. The molecule has 0 saturated carbocycles. The van der Waals surface area contributed by atoms with Gasteiger partial charge in [-0.2, -0.15) is 0 Å². The summed E-state index contributed by atoms with van der Waals surface area (Å²) in [5.74, 6) is 1.25. The lowest BCUT2D eigenvalue weighted by Crippen LogP contribution is -1.92. The molecule has 0 unspecified atom stereocenters. The average molecular weight is 242 g/mol. The summed E-state index contributed by atoms with van der Waals surface area (Å²) in [4.78, 5) is 11.5. The number of hydrogen-bond donors (Lipinski definition) is 0. The molecule has 0 spiro atoms. The van der Waals surface area contributed by atoms with E-state index in [9.17, 15) is 4.79 Å². The molecule has 0 aliphatic rings. The number of carbonyl (C=O) groups excluding carboxylic acids is 1. The van der Waals surface area contributed by atoms with Crippen LogP contribution in [-0.4, -0.2) is 5.78 Å². The lowest BCUT2D eigenvalue weighted by Gasteiger charge is -2.00. The fraction of sp³-hybridized carbons (Fsp3) is 0.312. The summed E-state index contributed by atoms with van der Waals surface area (Å²) in [5.41, 5.74) is 2.35. The molecular formula is C16H18O2. The highest BCUT2D eigenvalue weighted by atomic mass is 16.3. The van der Waals surface area contributed by atoms with Gasteiger partial charge in [0.2, 0.25) is 0 Å². The van der Waals surface area contributed by atoms with Gasteiger partial charge >= 0.3 is 0 Å². The van der Waals surface area contributed by atoms with Crippen LogP contribution in [-0.2, 0) is 6.42 Å². The van der Waals surface area contributed by atoms with E-state index >= 15 is 0 Å². The Labute approximate surface area is 108 Å². The molecule has 0 aliphatic carbocycles. The Morgan fingerprint density at radius 1 is 1.06 bits per heavy atom. The van der Waals surface area contributed by atoms with Crippen molar-refractivity contribution in [3.8, 4) is 11.3 Å². The monoisotopic (exact) mass is 242 g/mol. The minimum absolute atomic E-state index is 0.0452. The van der Waals surface area contributed by atoms with Crippen molar-refractivity contribution in [2.24, 2.45) is 0 Å². The molecular weight excluding hydrogens is 224 g/mol. The van der Waals surface area contributed by atoms with E-state index in [1.54, 1.807) is 6.07 Å². The van der Waals surface area contributed by atoms with Gasteiger partial charge in [0, 0.05) is 12.0 Å². The molecule has 0 N–H and O–H groups in total. The van der Waals surface area contributed by atoms with Crippen LogP contribution in [0.2, 0.25) is 0 Å². The Kier molecular flexibility index (Phi) is 3.98. The first-order chi connectivity index (χ1) is 8.74. The smallest absolute Gasteiger partial charge is 0.197 e. The second-order valence-electron chi connectivity index (χ2n) is 4.39. The number of Topliss-reactive ketones (excluding diaryl/α,β-unsaturated/α-hetero) is 1. The van der Waals surface area contributed by atoms with Crippen molar-refractivity contribution in [1.82, 2.24) is 0 Å². The molecule has 2 rings (SSSR count). The molecule has 0 saturated heterocycles. The first-order valence-corrected chi connectivity index (χ1v) is 6.47. The van der Waals surface area contributed by atoms with Crippen molar-refractivity contribution in [2.75, 3.05) is 0 Å². The van der Waals surface area contributed by atoms with Gasteiger partial charge in [-0.3, -0.25) is 4.79 Å². The van der Waals surface area contributed by atoms with E-state index < -0.39 is 0 Å². The molecule has 0 amide bonds. The quantitative estimate of drug-likeness (QED) is 0.723. The van der Waals surface area contributed by atoms with Crippen LogP contribution in [0.15, 0.2) is 40.8 Å². The van der Waals surface area contributed by atoms with Crippen molar-refractivity contribution < 1.29 is 9.21 Å². The van der Waals surface area contributed by atoms with Gasteiger partial charge in [-0.15, -0.1) is 0 Å². The molecule has 1 aromatic heterocycles. The molecule has 0 aliphatic heterocycles. The van der Waals surface area contributed by atoms with Crippen molar-refractivity contribution in [2.45, 2.75) is 33.1 Å². The van der Waals surface area contributed by atoms with Crippen LogP contribution in [0.1, 0.15) is 42.8 Å². The molecule has 1 aromatic carbocycles. The Morgan fingerprint density at radius 3 is 2.39 bits per heavy atom. The first-order valence-electron chi connectivity index (χ1n) is 6.47. The van der Waals surface area contributed by atoms with Crippen LogP contribution in [0.25, 0.3) is 11.3 Å². The fourth-order valence-electron chi connectivity index (χ4n) is 1.94. The summed E-state index contributed by atoms with van der Waals surface area (Å²) in [5, 5.41) is 0. The van der Waals surface area contributed by atoms with Crippen molar-refractivity contribution in [3.63, 3.8) is 0 Å². The lowest BCUT2D eigenvalue weighted by molar-refractivity contribution is 0.0962. The summed E-state index contributed by atoms with van der Waals surface area (Å²) in [6, 6.07) is 11.9. The van der Waals surface area contributed by atoms with Gasteiger partial charge in [-0.25, -0.2) is 0 Å². The van der Waals surface area contributed by atoms with E-state index in [1.165, 1.54) is 5.56 Å². The molecule has 18 heavy (non-hydrogen) atoms. The molecule has 2 heteroatoms. The number of aryl methyl sites for hydroxylation is 1. The summed E-state index contributed by atoms with van der Waals surface area (Å²) < 4.78 is 5.57. The van der Waals surface area contributed by atoms with E-state index in [-0.39, 0.29) is 5.78 Å². The highest BCUT2D eigenvalue weighted by Crippen LogP contribution is 2.23. The van der Waals surface area contributed by atoms with Crippen molar-refractivity contribution >= 4 is 5.78 Å². The van der Waals surface area contributed by atoms with E-state index in [0.717, 1.165) is 24.2 Å². The zero-order valence-electron chi connectivity index (χ0n) is 10.9. The summed E-state index contributed by atoms with van der Waals surface area (Å²) in [6.45, 7) is 4.01. The zero-order chi connectivity index (χ0) is 13.0. The van der Waals surface area contributed by atoms with Crippen molar-refractivity contribution in [1.29, 1.82) is 0 Å². The first kappa shape index (κ1) is 12.6. The normalized spacial score (nSPS) is 10.6. The minimum Gasteiger partial charge on any atom is -0.453 e. The van der Waals surface area contributed by atoms with Gasteiger partial charge < -0.3 is 4.42 Å². The second kappa shape index (κ2) is 5.67. The molecule has 0 atom stereocenters. The Balaban J connectivity index is 2.20. The number of furan rings is 1. The number of benzene rings is 1. The van der Waals surface area contributed by atoms with Gasteiger partial charge in [-0.05, 0) is 24.1 Å². The van der Waals surface area contributed by atoms with Crippen molar-refractivity contribution in [3.05, 3.63) is 47.7 Å². The van der Waals surface area contributed by atoms with Gasteiger partial charge in [-0.1, -0.05) is 44.5 Å². The third-order valence-corrected chi connectivity index (χ3v) is 2.98. The van der Waals surface area contributed by atoms with E-state index in [2.05, 4.69) is 19.1 Å². The SMILES string of the molecule is CCCc1ccc(-c2ccc(C(=O)CC)o2)cc1. The maximum atomic E-state index is 11.5. The van der Waals surface area contributed by atoms with Gasteiger partial charge in [0.05, 0.1) is 0 Å². The highest BCUT2D eigenvalue weighted by molar-refractivity contribution is 5.93. The largest absolute Gasteiger partial charge is 0.453 e. The molecule has 94 valence electrons. The number of carbonyl (C=O) groups is 1. The average Bonchev–Trinajstić information content (AvgIpc) is 2.89. The van der Waals surface area contributed by atoms with Crippen LogP contribution in [0.4, 0.5) is 0 Å². The van der Waals surface area contributed by atoms with Gasteiger partial charge in [0.1, 0.15) is 5.76 Å². The maximum Gasteiger partial charge on any atom is 0.197 e. The van der Waals surface area contributed by atoms with Crippen LogP contribution in [0, 0.1) is 0 Å². The van der Waals surface area contributed by atoms with E-state index in [4.69, 9.17) is 4.42 Å². The van der Waals surface area contributed by atoms with Crippen LogP contribution in [0.3, 0.4) is 0 Å². The predicted octanol–water partition coefficient (Wildman–Crippen LogP) is 4.49.